The van der Waals surface area contributed by atoms with Gasteiger partial charge in [0.2, 0.25) is 0 Å². The summed E-state index contributed by atoms with van der Waals surface area (Å²) in [5, 5.41) is 0. The fraction of sp³-hybridized carbons (Fsp3) is 0.625. The molecule has 2 unspecified atom stereocenters. The van der Waals surface area contributed by atoms with Crippen LogP contribution >= 0.6 is 0 Å². The van der Waals surface area contributed by atoms with Gasteiger partial charge in [-0.3, -0.25) is 4.90 Å². The molecule has 1 aliphatic rings. The van der Waals surface area contributed by atoms with Crippen LogP contribution in [-0.2, 0) is 6.18 Å². The smallest absolute Gasteiger partial charge is 0.326 e. The zero-order chi connectivity index (χ0) is 15.6. The molecule has 0 spiro atoms. The molecular formula is C16H23F3N2. The molecule has 0 aliphatic carbocycles. The van der Waals surface area contributed by atoms with Gasteiger partial charge >= 0.3 is 6.18 Å². The Labute approximate surface area is 124 Å². The van der Waals surface area contributed by atoms with Crippen molar-refractivity contribution in [1.29, 1.82) is 0 Å². The maximum Gasteiger partial charge on any atom is 0.416 e. The highest BCUT2D eigenvalue weighted by Crippen LogP contribution is 2.34. The average molecular weight is 300 g/mol. The SMILES string of the molecule is CC(C)N1CCCCC(N)C1c1ccc(C(F)(F)F)cc1. The summed E-state index contributed by atoms with van der Waals surface area (Å²) in [4.78, 5) is 2.31. The number of hydrogen-bond acceptors (Lipinski definition) is 2. The Balaban J connectivity index is 2.31. The van der Waals surface area contributed by atoms with Crippen molar-refractivity contribution < 1.29 is 13.2 Å². The minimum absolute atomic E-state index is 0.00483. The van der Waals surface area contributed by atoms with E-state index in [-0.39, 0.29) is 12.1 Å². The molecule has 2 atom stereocenters. The van der Waals surface area contributed by atoms with Crippen molar-refractivity contribution >= 4 is 0 Å². The number of likely N-dealkylation sites (tertiary alicyclic amines) is 1. The lowest BCUT2D eigenvalue weighted by Gasteiger charge is -2.36. The number of rotatable bonds is 2. The monoisotopic (exact) mass is 300 g/mol. The van der Waals surface area contributed by atoms with E-state index in [4.69, 9.17) is 5.73 Å². The van der Waals surface area contributed by atoms with Gasteiger partial charge in [0.25, 0.3) is 0 Å². The summed E-state index contributed by atoms with van der Waals surface area (Å²) in [5.41, 5.74) is 6.57. The summed E-state index contributed by atoms with van der Waals surface area (Å²) in [5.74, 6) is 0. The number of hydrogen-bond donors (Lipinski definition) is 1. The molecule has 118 valence electrons. The third-order valence-corrected chi connectivity index (χ3v) is 4.21. The van der Waals surface area contributed by atoms with Crippen molar-refractivity contribution in [1.82, 2.24) is 4.90 Å². The summed E-state index contributed by atoms with van der Waals surface area (Å²) in [7, 11) is 0. The maximum absolute atomic E-state index is 12.7. The van der Waals surface area contributed by atoms with Gasteiger partial charge in [-0.1, -0.05) is 18.6 Å². The van der Waals surface area contributed by atoms with Gasteiger partial charge in [0.15, 0.2) is 0 Å². The van der Waals surface area contributed by atoms with Crippen LogP contribution < -0.4 is 5.73 Å². The molecule has 2 N–H and O–H groups in total. The van der Waals surface area contributed by atoms with Crippen LogP contribution in [0.2, 0.25) is 0 Å². The average Bonchev–Trinajstić information content (AvgIpc) is 2.59. The molecule has 2 nitrogen and oxygen atoms in total. The molecule has 0 aromatic heterocycles. The molecule has 5 heteroatoms. The van der Waals surface area contributed by atoms with Crippen LogP contribution in [0.25, 0.3) is 0 Å². The number of alkyl halides is 3. The van der Waals surface area contributed by atoms with Gasteiger partial charge in [0, 0.05) is 12.1 Å². The Morgan fingerprint density at radius 1 is 1.14 bits per heavy atom. The molecule has 2 rings (SSSR count). The minimum Gasteiger partial charge on any atom is -0.326 e. The number of halogens is 3. The topological polar surface area (TPSA) is 29.3 Å². The van der Waals surface area contributed by atoms with Crippen molar-refractivity contribution in [3.63, 3.8) is 0 Å². The highest BCUT2D eigenvalue weighted by molar-refractivity contribution is 5.28. The van der Waals surface area contributed by atoms with E-state index in [1.165, 1.54) is 0 Å². The fourth-order valence-corrected chi connectivity index (χ4v) is 3.10. The zero-order valence-corrected chi connectivity index (χ0v) is 12.5. The van der Waals surface area contributed by atoms with E-state index in [1.807, 2.05) is 0 Å². The summed E-state index contributed by atoms with van der Waals surface area (Å²) < 4.78 is 38.0. The van der Waals surface area contributed by atoms with Gasteiger partial charge in [-0.15, -0.1) is 0 Å². The number of benzene rings is 1. The molecule has 0 radical (unpaired) electrons. The van der Waals surface area contributed by atoms with Gasteiger partial charge in [-0.05, 0) is 50.9 Å². The molecule has 21 heavy (non-hydrogen) atoms. The molecular weight excluding hydrogens is 277 g/mol. The number of nitrogens with zero attached hydrogens (tertiary/aromatic N) is 1. The van der Waals surface area contributed by atoms with Crippen LogP contribution in [0.3, 0.4) is 0 Å². The van der Waals surface area contributed by atoms with Crippen LogP contribution in [0.15, 0.2) is 24.3 Å². The summed E-state index contributed by atoms with van der Waals surface area (Å²) >= 11 is 0. The Morgan fingerprint density at radius 3 is 2.29 bits per heavy atom. The largest absolute Gasteiger partial charge is 0.416 e. The lowest BCUT2D eigenvalue weighted by molar-refractivity contribution is -0.137. The Kier molecular flexibility index (Phi) is 4.94. The summed E-state index contributed by atoms with van der Waals surface area (Å²) in [6, 6.07) is 5.75. The third kappa shape index (κ3) is 3.77. The predicted octanol–water partition coefficient (Wildman–Crippen LogP) is 3.97. The highest BCUT2D eigenvalue weighted by Gasteiger charge is 2.33. The van der Waals surface area contributed by atoms with Gasteiger partial charge in [0.1, 0.15) is 0 Å². The van der Waals surface area contributed by atoms with Crippen LogP contribution in [0.1, 0.15) is 50.3 Å². The van der Waals surface area contributed by atoms with Crippen molar-refractivity contribution in [2.75, 3.05) is 6.54 Å². The third-order valence-electron chi connectivity index (χ3n) is 4.21. The first-order valence-electron chi connectivity index (χ1n) is 7.49. The van der Waals surface area contributed by atoms with E-state index in [1.54, 1.807) is 12.1 Å². The van der Waals surface area contributed by atoms with Crippen molar-refractivity contribution in [3.8, 4) is 0 Å². The van der Waals surface area contributed by atoms with Crippen molar-refractivity contribution in [2.24, 2.45) is 5.73 Å². The molecule has 0 bridgehead atoms. The first kappa shape index (κ1) is 16.3. The van der Waals surface area contributed by atoms with Gasteiger partial charge in [0.05, 0.1) is 11.6 Å². The fourth-order valence-electron chi connectivity index (χ4n) is 3.10. The first-order valence-corrected chi connectivity index (χ1v) is 7.49. The van der Waals surface area contributed by atoms with Crippen LogP contribution in [0.5, 0.6) is 0 Å². The van der Waals surface area contributed by atoms with E-state index in [0.717, 1.165) is 43.5 Å². The van der Waals surface area contributed by atoms with Gasteiger partial charge in [-0.2, -0.15) is 13.2 Å². The van der Waals surface area contributed by atoms with E-state index < -0.39 is 11.7 Å². The van der Waals surface area contributed by atoms with Gasteiger partial charge < -0.3 is 5.73 Å². The van der Waals surface area contributed by atoms with E-state index in [0.29, 0.717) is 6.04 Å². The summed E-state index contributed by atoms with van der Waals surface area (Å²) in [6.07, 6.45) is -1.22. The predicted molar refractivity (Wildman–Crippen MR) is 77.9 cm³/mol. The number of nitrogens with two attached hydrogens (primary N) is 1. The molecule has 1 heterocycles. The maximum atomic E-state index is 12.7. The second-order valence-corrected chi connectivity index (χ2v) is 6.06. The molecule has 1 aromatic carbocycles. The van der Waals surface area contributed by atoms with Crippen LogP contribution in [-0.4, -0.2) is 23.5 Å². The molecule has 1 saturated heterocycles. The van der Waals surface area contributed by atoms with Crippen molar-refractivity contribution in [3.05, 3.63) is 35.4 Å². The lowest BCUT2D eigenvalue weighted by Crippen LogP contribution is -2.43. The standard InChI is InChI=1S/C16H23F3N2/c1-11(2)21-10-4-3-5-14(20)15(21)12-6-8-13(9-7-12)16(17,18)19/h6-9,11,14-15H,3-5,10,20H2,1-2H3. The second kappa shape index (κ2) is 6.36. The first-order chi connectivity index (χ1) is 9.80. The minimum atomic E-state index is -4.29. The second-order valence-electron chi connectivity index (χ2n) is 6.06. The highest BCUT2D eigenvalue weighted by atomic mass is 19.4. The molecule has 1 aliphatic heterocycles. The summed E-state index contributed by atoms with van der Waals surface area (Å²) in [6.45, 7) is 5.15. The quantitative estimate of drug-likeness (QED) is 0.895. The van der Waals surface area contributed by atoms with E-state index in [2.05, 4.69) is 18.7 Å². The van der Waals surface area contributed by atoms with Gasteiger partial charge in [-0.25, -0.2) is 0 Å². The van der Waals surface area contributed by atoms with E-state index >= 15 is 0 Å². The Morgan fingerprint density at radius 2 is 1.76 bits per heavy atom. The lowest BCUT2D eigenvalue weighted by atomic mass is 9.94. The van der Waals surface area contributed by atoms with Crippen molar-refractivity contribution in [2.45, 2.75) is 57.4 Å². The molecule has 1 aromatic rings. The zero-order valence-electron chi connectivity index (χ0n) is 12.5. The van der Waals surface area contributed by atoms with E-state index in [9.17, 15) is 13.2 Å². The Hall–Kier alpha value is -1.07. The van der Waals surface area contributed by atoms with Crippen LogP contribution in [0, 0.1) is 0 Å². The molecule has 1 fully saturated rings. The molecule has 0 amide bonds. The van der Waals surface area contributed by atoms with Crippen LogP contribution in [0.4, 0.5) is 13.2 Å². The Bertz CT molecular complexity index is 454. The molecule has 0 saturated carbocycles. The normalized spacial score (nSPS) is 25.1.